The number of aryl methyl sites for hydroxylation is 1. The van der Waals surface area contributed by atoms with Gasteiger partial charge in [0, 0.05) is 42.4 Å². The van der Waals surface area contributed by atoms with E-state index in [1.165, 1.54) is 54.7 Å². The molecule has 0 radical (unpaired) electrons. The van der Waals surface area contributed by atoms with Crippen LogP contribution in [0.1, 0.15) is 53.6 Å². The molecule has 0 aliphatic carbocycles. The Kier molecular flexibility index (Phi) is 5.62. The molecule has 29 heavy (non-hydrogen) atoms. The Bertz CT molecular complexity index is 865. The molecule has 2 fully saturated rings. The number of hydrogen-bond acceptors (Lipinski definition) is 4. The highest BCUT2D eigenvalue weighted by molar-refractivity contribution is 5.94. The van der Waals surface area contributed by atoms with Crippen LogP contribution in [0.25, 0.3) is 0 Å². The number of rotatable bonds is 5. The zero-order chi connectivity index (χ0) is 20.4. The van der Waals surface area contributed by atoms with Crippen LogP contribution in [-0.4, -0.2) is 33.9 Å². The monoisotopic (exact) mass is 393 g/mol. The van der Waals surface area contributed by atoms with Gasteiger partial charge in [-0.05, 0) is 50.3 Å². The van der Waals surface area contributed by atoms with Crippen LogP contribution in [0.2, 0.25) is 0 Å². The summed E-state index contributed by atoms with van der Waals surface area (Å²) in [4.78, 5) is 25.6. The predicted octanol–water partition coefficient (Wildman–Crippen LogP) is 4.22. The molecule has 2 atom stereocenters. The first-order valence-electron chi connectivity index (χ1n) is 10.4. The lowest BCUT2D eigenvalue weighted by molar-refractivity contribution is -0.384. The lowest BCUT2D eigenvalue weighted by atomic mass is 9.81. The van der Waals surface area contributed by atoms with Gasteiger partial charge in [0.15, 0.2) is 0 Å². The summed E-state index contributed by atoms with van der Waals surface area (Å²) in [6.07, 6.45) is 5.52. The first kappa shape index (κ1) is 19.6. The van der Waals surface area contributed by atoms with Crippen LogP contribution in [0.5, 0.6) is 0 Å². The number of fused-ring (bicyclic) bond motifs is 2. The molecule has 0 spiro atoms. The molecule has 152 valence electrons. The van der Waals surface area contributed by atoms with Crippen molar-refractivity contribution in [2.24, 2.45) is 0 Å². The van der Waals surface area contributed by atoms with Crippen molar-refractivity contribution in [2.45, 2.75) is 63.7 Å². The molecule has 1 amide bonds. The van der Waals surface area contributed by atoms with E-state index >= 15 is 0 Å². The number of non-ortho nitro benzene ring substituents is 1. The summed E-state index contributed by atoms with van der Waals surface area (Å²) in [6.45, 7) is 3.08. The Hall–Kier alpha value is -2.73. The minimum absolute atomic E-state index is 0.000459. The summed E-state index contributed by atoms with van der Waals surface area (Å²) in [5, 5.41) is 14.0. The number of piperidine rings is 2. The number of amides is 1. The van der Waals surface area contributed by atoms with Crippen LogP contribution in [-0.2, 0) is 6.54 Å². The minimum atomic E-state index is -0.452. The normalized spacial score (nSPS) is 24.1. The zero-order valence-electron chi connectivity index (χ0n) is 16.7. The second-order valence-corrected chi connectivity index (χ2v) is 8.34. The van der Waals surface area contributed by atoms with Crippen molar-refractivity contribution in [1.29, 1.82) is 0 Å². The van der Waals surface area contributed by atoms with Crippen molar-refractivity contribution in [3.63, 3.8) is 0 Å². The third-order valence-corrected chi connectivity index (χ3v) is 6.29. The van der Waals surface area contributed by atoms with Gasteiger partial charge in [-0.2, -0.15) is 0 Å². The molecule has 6 heteroatoms. The number of carbonyl (C=O) groups is 1. The summed E-state index contributed by atoms with van der Waals surface area (Å²) in [6, 6.07) is 15.7. The molecular weight excluding hydrogens is 366 g/mol. The maximum atomic E-state index is 12.6. The Morgan fingerprint density at radius 2 is 1.69 bits per heavy atom. The number of benzene rings is 2. The Morgan fingerprint density at radius 3 is 2.28 bits per heavy atom. The molecule has 2 aliphatic rings. The Morgan fingerprint density at radius 1 is 1.07 bits per heavy atom. The fourth-order valence-corrected chi connectivity index (χ4v) is 4.76. The smallest absolute Gasteiger partial charge is 0.269 e. The molecule has 2 aliphatic heterocycles. The topological polar surface area (TPSA) is 75.5 Å². The van der Waals surface area contributed by atoms with E-state index < -0.39 is 4.92 Å². The molecule has 2 aromatic rings. The molecule has 2 saturated heterocycles. The molecule has 4 rings (SSSR count). The van der Waals surface area contributed by atoms with E-state index in [0.717, 1.165) is 19.4 Å². The first-order valence-corrected chi connectivity index (χ1v) is 10.4. The Labute approximate surface area is 171 Å². The highest BCUT2D eigenvalue weighted by atomic mass is 16.6. The van der Waals surface area contributed by atoms with Gasteiger partial charge in [-0.15, -0.1) is 0 Å². The Balaban J connectivity index is 1.39. The van der Waals surface area contributed by atoms with E-state index in [9.17, 15) is 14.9 Å². The highest BCUT2D eigenvalue weighted by Gasteiger charge is 2.38. The number of carbonyl (C=O) groups excluding carboxylic acids is 1. The van der Waals surface area contributed by atoms with Crippen LogP contribution < -0.4 is 5.32 Å². The fourth-order valence-electron chi connectivity index (χ4n) is 4.76. The number of hydrogen-bond donors (Lipinski definition) is 1. The van der Waals surface area contributed by atoms with Gasteiger partial charge in [-0.3, -0.25) is 19.8 Å². The van der Waals surface area contributed by atoms with Crippen LogP contribution >= 0.6 is 0 Å². The second-order valence-electron chi connectivity index (χ2n) is 8.34. The van der Waals surface area contributed by atoms with Gasteiger partial charge in [0.25, 0.3) is 11.6 Å². The van der Waals surface area contributed by atoms with Gasteiger partial charge in [0.05, 0.1) is 4.92 Å². The third kappa shape index (κ3) is 4.48. The molecule has 1 N–H and O–H groups in total. The summed E-state index contributed by atoms with van der Waals surface area (Å²) in [5.41, 5.74) is 3.10. The van der Waals surface area contributed by atoms with E-state index in [1.54, 1.807) is 0 Å². The van der Waals surface area contributed by atoms with Gasteiger partial charge in [-0.1, -0.05) is 36.2 Å². The number of nitro benzene ring substituents is 1. The predicted molar refractivity (Wildman–Crippen MR) is 112 cm³/mol. The van der Waals surface area contributed by atoms with Crippen molar-refractivity contribution in [2.75, 3.05) is 0 Å². The molecule has 2 aromatic carbocycles. The largest absolute Gasteiger partial charge is 0.349 e. The number of nitrogens with zero attached hydrogens (tertiary/aromatic N) is 2. The number of nitro groups is 1. The molecule has 6 nitrogen and oxygen atoms in total. The number of nitrogens with one attached hydrogen (secondary N) is 1. The molecule has 2 heterocycles. The molecular formula is C23H27N3O3. The minimum Gasteiger partial charge on any atom is -0.349 e. The second kappa shape index (κ2) is 8.33. The summed E-state index contributed by atoms with van der Waals surface area (Å²) < 4.78 is 0. The molecule has 0 saturated carbocycles. The van der Waals surface area contributed by atoms with Gasteiger partial charge < -0.3 is 5.32 Å². The highest BCUT2D eigenvalue weighted by Crippen LogP contribution is 2.35. The lowest BCUT2D eigenvalue weighted by Crippen LogP contribution is -2.56. The van der Waals surface area contributed by atoms with E-state index in [1.807, 2.05) is 0 Å². The maximum Gasteiger partial charge on any atom is 0.269 e. The average molecular weight is 393 g/mol. The molecule has 2 bridgehead atoms. The van der Waals surface area contributed by atoms with Crippen LogP contribution in [0.15, 0.2) is 48.5 Å². The van der Waals surface area contributed by atoms with E-state index in [0.29, 0.717) is 17.6 Å². The molecule has 0 aromatic heterocycles. The SMILES string of the molecule is Cc1ccc(CN2[C@@H]3CCC[C@@H]2CC(NC(=O)c2ccc([N+](=O)[O-])cc2)C3)cc1. The lowest BCUT2D eigenvalue weighted by Gasteiger charge is -2.49. The zero-order valence-corrected chi connectivity index (χ0v) is 16.7. The van der Waals surface area contributed by atoms with Crippen molar-refractivity contribution in [3.05, 3.63) is 75.3 Å². The van der Waals surface area contributed by atoms with Gasteiger partial charge in [0.2, 0.25) is 0 Å². The molecule has 0 unspecified atom stereocenters. The standard InChI is InChI=1S/C23H27N3O3/c1-16-5-7-17(8-6-16)15-25-21-3-2-4-22(25)14-19(13-21)24-23(27)18-9-11-20(12-10-18)26(28)29/h5-12,19,21-22H,2-4,13-15H2,1H3,(H,24,27)/t21-,22-/m1/s1. The first-order chi connectivity index (χ1) is 14.0. The van der Waals surface area contributed by atoms with Crippen LogP contribution in [0, 0.1) is 17.0 Å². The summed E-state index contributed by atoms with van der Waals surface area (Å²) in [5.74, 6) is -0.144. The van der Waals surface area contributed by atoms with Crippen molar-refractivity contribution < 1.29 is 9.72 Å². The van der Waals surface area contributed by atoms with Gasteiger partial charge in [0.1, 0.15) is 0 Å². The van der Waals surface area contributed by atoms with Crippen molar-refractivity contribution in [3.8, 4) is 0 Å². The van der Waals surface area contributed by atoms with Gasteiger partial charge in [-0.25, -0.2) is 0 Å². The summed E-state index contributed by atoms with van der Waals surface area (Å²) >= 11 is 0. The van der Waals surface area contributed by atoms with E-state index in [-0.39, 0.29) is 17.6 Å². The average Bonchev–Trinajstić information content (AvgIpc) is 2.70. The van der Waals surface area contributed by atoms with E-state index in [2.05, 4.69) is 41.4 Å². The van der Waals surface area contributed by atoms with Crippen molar-refractivity contribution >= 4 is 11.6 Å². The van der Waals surface area contributed by atoms with Crippen LogP contribution in [0.4, 0.5) is 5.69 Å². The van der Waals surface area contributed by atoms with E-state index in [4.69, 9.17) is 0 Å². The summed E-state index contributed by atoms with van der Waals surface area (Å²) in [7, 11) is 0. The quantitative estimate of drug-likeness (QED) is 0.610. The van der Waals surface area contributed by atoms with Gasteiger partial charge >= 0.3 is 0 Å². The third-order valence-electron chi connectivity index (χ3n) is 6.29. The van der Waals surface area contributed by atoms with Crippen LogP contribution in [0.3, 0.4) is 0 Å². The van der Waals surface area contributed by atoms with Crippen molar-refractivity contribution in [1.82, 2.24) is 10.2 Å². The fraction of sp³-hybridized carbons (Fsp3) is 0.435. The maximum absolute atomic E-state index is 12.6.